The van der Waals surface area contributed by atoms with E-state index in [-0.39, 0.29) is 34.3 Å². The Morgan fingerprint density at radius 1 is 0.507 bits per heavy atom. The van der Waals surface area contributed by atoms with Gasteiger partial charge in [0, 0.05) is 65.1 Å². The van der Waals surface area contributed by atoms with Crippen LogP contribution in [-0.4, -0.2) is 128 Å². The Hall–Kier alpha value is -6.88. The van der Waals surface area contributed by atoms with Gasteiger partial charge in [-0.15, -0.1) is 22.7 Å². The smallest absolute Gasteiger partial charge is 0.272 e. The maximum Gasteiger partial charge on any atom is 0.272 e. The van der Waals surface area contributed by atoms with Crippen molar-refractivity contribution in [2.45, 2.75) is 59.0 Å². The average molecular weight is 983 g/mol. The van der Waals surface area contributed by atoms with Gasteiger partial charge in [0.1, 0.15) is 32.8 Å². The number of aryl methyl sites for hydroxylation is 6. The van der Waals surface area contributed by atoms with E-state index in [1.165, 1.54) is 22.7 Å². The van der Waals surface area contributed by atoms with Gasteiger partial charge in [-0.3, -0.25) is 28.8 Å². The lowest BCUT2D eigenvalue weighted by molar-refractivity contribution is 0.0936. The molecule has 6 aromatic rings. The number of unbranched alkanes of at least 4 members (excludes halogenated alkanes) is 2. The molecule has 368 valence electrons. The summed E-state index contributed by atoms with van der Waals surface area (Å²) in [7, 11) is 11.4. The van der Waals surface area contributed by atoms with Crippen molar-refractivity contribution >= 4 is 79.5 Å². The molecule has 0 fully saturated rings. The van der Waals surface area contributed by atoms with Gasteiger partial charge in [0.05, 0.1) is 44.9 Å². The monoisotopic (exact) mass is 982 g/mol. The Bertz CT molecular complexity index is 2590. The van der Waals surface area contributed by atoms with Crippen molar-refractivity contribution in [2.24, 2.45) is 14.1 Å². The molecule has 0 aliphatic carbocycles. The first kappa shape index (κ1) is 51.5. The number of aromatic nitrogens is 6. The Morgan fingerprint density at radius 3 is 1.28 bits per heavy atom. The normalized spacial score (nSPS) is 11.3. The fourth-order valence-electron chi connectivity index (χ4n) is 7.44. The zero-order valence-electron chi connectivity index (χ0n) is 40.4. The summed E-state index contributed by atoms with van der Waals surface area (Å²) in [4.78, 5) is 93.3. The van der Waals surface area contributed by atoms with E-state index >= 15 is 0 Å². The molecule has 6 N–H and O–H groups in total. The Kier molecular flexibility index (Phi) is 17.9. The van der Waals surface area contributed by atoms with Crippen LogP contribution in [0, 0.1) is 13.8 Å². The molecule has 22 heteroatoms. The van der Waals surface area contributed by atoms with Crippen molar-refractivity contribution in [1.29, 1.82) is 0 Å². The summed E-state index contributed by atoms with van der Waals surface area (Å²) in [5, 5.41) is 18.7. The van der Waals surface area contributed by atoms with Gasteiger partial charge in [-0.25, -0.2) is 9.97 Å². The number of thiazole rings is 2. The first-order valence-electron chi connectivity index (χ1n) is 22.6. The molecule has 0 saturated carbocycles. The van der Waals surface area contributed by atoms with Gasteiger partial charge in [0.2, 0.25) is 0 Å². The van der Waals surface area contributed by atoms with Crippen molar-refractivity contribution in [2.75, 3.05) is 75.6 Å². The zero-order chi connectivity index (χ0) is 49.8. The number of amides is 6. The molecule has 0 saturated heterocycles. The number of anilines is 4. The molecule has 69 heavy (non-hydrogen) atoms. The molecule has 0 aromatic carbocycles. The number of hydrogen-bond donors (Lipinski definition) is 6. The summed E-state index contributed by atoms with van der Waals surface area (Å²) in [5.74, 6) is -2.21. The van der Waals surface area contributed by atoms with Gasteiger partial charge in [-0.2, -0.15) is 0 Å². The van der Waals surface area contributed by atoms with E-state index in [0.29, 0.717) is 89.6 Å². The predicted molar refractivity (Wildman–Crippen MR) is 270 cm³/mol. The largest absolute Gasteiger partial charge is 0.351 e. The lowest BCUT2D eigenvalue weighted by Gasteiger charge is -2.11. The first-order valence-corrected chi connectivity index (χ1v) is 24.4. The predicted octanol–water partition coefficient (Wildman–Crippen LogP) is 5.74. The zero-order valence-corrected chi connectivity index (χ0v) is 42.0. The van der Waals surface area contributed by atoms with Gasteiger partial charge in [0.25, 0.3) is 35.4 Å². The number of nitrogens with zero attached hydrogens (tertiary/aromatic N) is 8. The van der Waals surface area contributed by atoms with Crippen molar-refractivity contribution in [1.82, 2.24) is 48.7 Å². The van der Waals surface area contributed by atoms with Crippen molar-refractivity contribution in [3.63, 3.8) is 0 Å². The third-order valence-electron chi connectivity index (χ3n) is 11.2. The van der Waals surface area contributed by atoms with Crippen LogP contribution in [0.25, 0.3) is 0 Å². The summed E-state index contributed by atoms with van der Waals surface area (Å²) >= 11 is 2.60. The van der Waals surface area contributed by atoms with E-state index in [0.717, 1.165) is 25.9 Å². The molecular weight excluding hydrogens is 921 g/mol. The Morgan fingerprint density at radius 2 is 0.913 bits per heavy atom. The van der Waals surface area contributed by atoms with E-state index in [1.807, 2.05) is 38.0 Å². The number of hydrogen-bond acceptors (Lipinski definition) is 12. The fraction of sp³-hybridized carbons (Fsp3) is 0.404. The van der Waals surface area contributed by atoms with Crippen molar-refractivity contribution in [3.05, 3.63) is 105 Å². The lowest BCUT2D eigenvalue weighted by Crippen LogP contribution is -2.28. The molecule has 0 unspecified atom stereocenters. The minimum atomic E-state index is -0.458. The highest BCUT2D eigenvalue weighted by atomic mass is 32.1. The third kappa shape index (κ3) is 14.1. The Balaban J connectivity index is 1.14. The van der Waals surface area contributed by atoms with E-state index in [9.17, 15) is 28.8 Å². The summed E-state index contributed by atoms with van der Waals surface area (Å²) in [6, 6.07) is 6.32. The van der Waals surface area contributed by atoms with Crippen LogP contribution in [0.1, 0.15) is 106 Å². The van der Waals surface area contributed by atoms with Crippen LogP contribution in [0.3, 0.4) is 0 Å². The van der Waals surface area contributed by atoms with E-state index in [1.54, 1.807) is 106 Å². The summed E-state index contributed by atoms with van der Waals surface area (Å²) in [5.41, 5.74) is 7.34. The molecule has 0 bridgehead atoms. The second kappa shape index (κ2) is 23.9. The van der Waals surface area contributed by atoms with E-state index in [2.05, 4.69) is 41.9 Å². The average Bonchev–Trinajstić information content (AvgIpc) is 4.17. The molecule has 0 spiro atoms. The van der Waals surface area contributed by atoms with E-state index in [4.69, 9.17) is 0 Å². The molecule has 0 aliphatic rings. The summed E-state index contributed by atoms with van der Waals surface area (Å²) in [6.07, 6.45) is 10.0. The van der Waals surface area contributed by atoms with E-state index < -0.39 is 23.6 Å². The van der Waals surface area contributed by atoms with Gasteiger partial charge < -0.3 is 60.0 Å². The van der Waals surface area contributed by atoms with Crippen LogP contribution >= 0.6 is 22.7 Å². The number of carbonyl (C=O) groups excluding carboxylic acids is 6. The highest BCUT2D eigenvalue weighted by molar-refractivity contribution is 7.14. The fourth-order valence-corrected chi connectivity index (χ4v) is 8.82. The van der Waals surface area contributed by atoms with Gasteiger partial charge in [-0.05, 0) is 111 Å². The molecule has 6 rings (SSSR count). The van der Waals surface area contributed by atoms with Crippen molar-refractivity contribution in [3.8, 4) is 0 Å². The number of nitrogens with one attached hydrogen (secondary N) is 6. The number of rotatable bonds is 24. The molecule has 6 heterocycles. The second-order valence-corrected chi connectivity index (χ2v) is 19.0. The molecule has 0 aliphatic heterocycles. The quantitative estimate of drug-likeness (QED) is 0.0404. The van der Waals surface area contributed by atoms with Crippen molar-refractivity contribution < 1.29 is 28.8 Å². The second-order valence-electron chi connectivity index (χ2n) is 17.3. The standard InChI is InChI=1S/C47H62N14O6S2/c1-30-46(68-28-50-30)54-40(62)32-20-38(44(66)52-34-22-36(58(7)26-34)42(64)48-14-12-16-56(3)4)60(24-32)18-10-9-11-19-61-25-33(41(63)55-47-31(2)51-29-69-47)21-39(61)45(67)53-35-23-37(59(8)27-35)43(65)49-15-13-17-57(5)6/h20-29H,9-19H2,1-8H3,(H,48,64)(H,49,65)(H,52,66)(H,53,67)(H,54,62)(H,55,63). The van der Waals surface area contributed by atoms with Crippen LogP contribution < -0.4 is 31.9 Å². The minimum Gasteiger partial charge on any atom is -0.351 e. The van der Waals surface area contributed by atoms with Crippen LogP contribution in [0.2, 0.25) is 0 Å². The van der Waals surface area contributed by atoms with Gasteiger partial charge in [0.15, 0.2) is 0 Å². The van der Waals surface area contributed by atoms with Crippen LogP contribution in [-0.2, 0) is 27.2 Å². The maximum atomic E-state index is 13.9. The first-order chi connectivity index (χ1) is 33.0. The summed E-state index contributed by atoms with van der Waals surface area (Å²) < 4.78 is 6.78. The van der Waals surface area contributed by atoms with Gasteiger partial charge >= 0.3 is 0 Å². The molecule has 0 radical (unpaired) electrons. The lowest BCUT2D eigenvalue weighted by atomic mass is 10.2. The third-order valence-corrected chi connectivity index (χ3v) is 12.8. The Labute approximate surface area is 409 Å². The van der Waals surface area contributed by atoms with Crippen LogP contribution in [0.4, 0.5) is 21.4 Å². The highest BCUT2D eigenvalue weighted by Gasteiger charge is 2.23. The highest BCUT2D eigenvalue weighted by Crippen LogP contribution is 2.24. The van der Waals surface area contributed by atoms with Crippen LogP contribution in [0.5, 0.6) is 0 Å². The molecule has 6 aromatic heterocycles. The molecule has 20 nitrogen and oxygen atoms in total. The minimum absolute atomic E-state index is 0.252. The van der Waals surface area contributed by atoms with Crippen LogP contribution in [0.15, 0.2) is 60.1 Å². The number of carbonyl (C=O) groups is 6. The maximum absolute atomic E-state index is 13.9. The topological polar surface area (TPSA) is 227 Å². The molecule has 0 atom stereocenters. The molecular formula is C47H62N14O6S2. The molecule has 6 amide bonds. The summed E-state index contributed by atoms with van der Waals surface area (Å²) in [6.45, 7) is 7.04. The van der Waals surface area contributed by atoms with Gasteiger partial charge in [-0.1, -0.05) is 0 Å². The SMILES string of the molecule is Cc1ncsc1NC(=O)c1cc(C(=O)Nc2cc(C(=O)NCCCN(C)C)n(C)c2)n(CCCCCn2cc(C(=O)Nc3scnc3C)cc2C(=O)Nc2cc(C(=O)NCCCN(C)C)n(C)c2)c1.